The van der Waals surface area contributed by atoms with Crippen LogP contribution < -0.4 is 11.1 Å². The van der Waals surface area contributed by atoms with Crippen LogP contribution >= 0.6 is 0 Å². The van der Waals surface area contributed by atoms with Crippen molar-refractivity contribution in [2.24, 2.45) is 5.73 Å². The van der Waals surface area contributed by atoms with Crippen LogP contribution in [0.4, 0.5) is 4.79 Å². The largest absolute Gasteiger partial charge is 0.377 e. The van der Waals surface area contributed by atoms with Gasteiger partial charge in [0.1, 0.15) is 0 Å². The summed E-state index contributed by atoms with van der Waals surface area (Å²) in [6.45, 7) is 2.79. The minimum Gasteiger partial charge on any atom is -0.377 e. The van der Waals surface area contributed by atoms with E-state index in [0.717, 1.165) is 38.8 Å². The Morgan fingerprint density at radius 3 is 2.50 bits per heavy atom. The fourth-order valence-electron chi connectivity index (χ4n) is 2.80. The van der Waals surface area contributed by atoms with Gasteiger partial charge < -0.3 is 20.7 Å². The molecule has 0 unspecified atom stereocenters. The second-order valence-electron chi connectivity index (χ2n) is 5.28. The molecule has 18 heavy (non-hydrogen) atoms. The molecule has 0 radical (unpaired) electrons. The van der Waals surface area contributed by atoms with E-state index < -0.39 is 0 Å². The van der Waals surface area contributed by atoms with Crippen LogP contribution in [0, 0.1) is 0 Å². The van der Waals surface area contributed by atoms with Crippen LogP contribution in [0.2, 0.25) is 0 Å². The topological polar surface area (TPSA) is 67.6 Å². The van der Waals surface area contributed by atoms with Gasteiger partial charge in [-0.2, -0.15) is 0 Å². The zero-order chi connectivity index (χ0) is 12.8. The van der Waals surface area contributed by atoms with Gasteiger partial charge in [0.2, 0.25) is 0 Å². The van der Waals surface area contributed by atoms with Crippen molar-refractivity contribution in [3.8, 4) is 0 Å². The number of rotatable bonds is 4. The number of piperidine rings is 1. The van der Waals surface area contributed by atoms with Gasteiger partial charge in [0.05, 0.1) is 12.7 Å². The lowest BCUT2D eigenvalue weighted by Crippen LogP contribution is -2.48. The summed E-state index contributed by atoms with van der Waals surface area (Å²) in [7, 11) is 0. The molecule has 2 amide bonds. The molecule has 0 bridgehead atoms. The summed E-state index contributed by atoms with van der Waals surface area (Å²) >= 11 is 0. The van der Waals surface area contributed by atoms with Gasteiger partial charge in [-0.3, -0.25) is 0 Å². The van der Waals surface area contributed by atoms with Crippen molar-refractivity contribution in [2.75, 3.05) is 26.2 Å². The fraction of sp³-hybridized carbons (Fsp3) is 0.923. The molecule has 0 aromatic heterocycles. The first-order chi connectivity index (χ1) is 8.79. The van der Waals surface area contributed by atoms with E-state index in [9.17, 15) is 4.79 Å². The van der Waals surface area contributed by atoms with Crippen molar-refractivity contribution in [2.45, 2.75) is 50.7 Å². The molecule has 1 aliphatic heterocycles. The highest BCUT2D eigenvalue weighted by Crippen LogP contribution is 2.19. The number of carbonyl (C=O) groups excluding carboxylic acids is 1. The van der Waals surface area contributed by atoms with E-state index in [4.69, 9.17) is 10.5 Å². The third kappa shape index (κ3) is 3.85. The van der Waals surface area contributed by atoms with Crippen LogP contribution in [0.5, 0.6) is 0 Å². The number of hydrogen-bond acceptors (Lipinski definition) is 3. The maximum Gasteiger partial charge on any atom is 0.317 e. The Kier molecular flexibility index (Phi) is 5.26. The highest BCUT2D eigenvalue weighted by Gasteiger charge is 2.25. The standard InChI is InChI=1S/C13H25N3O2/c14-7-10-18-12-5-8-16(9-6-12)13(17)15-11-3-1-2-4-11/h11-12H,1-10,14H2,(H,15,17). The van der Waals surface area contributed by atoms with Crippen LogP contribution in [0.15, 0.2) is 0 Å². The van der Waals surface area contributed by atoms with Gasteiger partial charge in [0, 0.05) is 25.7 Å². The van der Waals surface area contributed by atoms with Crippen LogP contribution in [0.25, 0.3) is 0 Å². The van der Waals surface area contributed by atoms with E-state index in [1.165, 1.54) is 12.8 Å². The minimum atomic E-state index is 0.110. The molecule has 2 aliphatic rings. The van der Waals surface area contributed by atoms with E-state index >= 15 is 0 Å². The molecule has 0 spiro atoms. The number of nitrogens with two attached hydrogens (primary N) is 1. The average molecular weight is 255 g/mol. The third-order valence-corrected chi connectivity index (χ3v) is 3.88. The summed E-state index contributed by atoms with van der Waals surface area (Å²) in [6.07, 6.45) is 6.92. The maximum atomic E-state index is 12.0. The van der Waals surface area contributed by atoms with E-state index in [1.807, 2.05) is 4.90 Å². The summed E-state index contributed by atoms with van der Waals surface area (Å²) in [5.74, 6) is 0. The Labute approximate surface area is 109 Å². The number of ether oxygens (including phenoxy) is 1. The SMILES string of the molecule is NCCOC1CCN(C(=O)NC2CCCC2)CC1. The minimum absolute atomic E-state index is 0.110. The lowest BCUT2D eigenvalue weighted by atomic mass is 10.1. The van der Waals surface area contributed by atoms with Gasteiger partial charge in [-0.15, -0.1) is 0 Å². The smallest absolute Gasteiger partial charge is 0.317 e. The molecule has 0 aromatic rings. The summed E-state index contributed by atoms with van der Waals surface area (Å²) < 4.78 is 5.61. The molecule has 5 nitrogen and oxygen atoms in total. The van der Waals surface area contributed by atoms with E-state index in [0.29, 0.717) is 19.2 Å². The molecule has 104 valence electrons. The number of amides is 2. The second kappa shape index (κ2) is 6.95. The van der Waals surface area contributed by atoms with Gasteiger partial charge >= 0.3 is 6.03 Å². The molecule has 2 rings (SSSR count). The van der Waals surface area contributed by atoms with Crippen LogP contribution in [0.1, 0.15) is 38.5 Å². The van der Waals surface area contributed by atoms with Crippen molar-refractivity contribution in [1.29, 1.82) is 0 Å². The Balaban J connectivity index is 1.66. The second-order valence-corrected chi connectivity index (χ2v) is 5.28. The predicted octanol–water partition coefficient (Wildman–Crippen LogP) is 1.08. The molecule has 1 saturated heterocycles. The molecule has 0 aromatic carbocycles. The highest BCUT2D eigenvalue weighted by molar-refractivity contribution is 5.74. The summed E-state index contributed by atoms with van der Waals surface area (Å²) in [6, 6.07) is 0.517. The molecule has 0 atom stereocenters. The van der Waals surface area contributed by atoms with Crippen LogP contribution in [-0.2, 0) is 4.74 Å². The molecule has 1 aliphatic carbocycles. The molecule has 2 fully saturated rings. The lowest BCUT2D eigenvalue weighted by molar-refractivity contribution is 0.0188. The molecular formula is C13H25N3O2. The highest BCUT2D eigenvalue weighted by atomic mass is 16.5. The Bertz CT molecular complexity index is 259. The number of nitrogens with one attached hydrogen (secondary N) is 1. The van der Waals surface area contributed by atoms with Gasteiger partial charge in [0.15, 0.2) is 0 Å². The summed E-state index contributed by atoms with van der Waals surface area (Å²) in [4.78, 5) is 13.9. The van der Waals surface area contributed by atoms with Crippen molar-refractivity contribution in [1.82, 2.24) is 10.2 Å². The van der Waals surface area contributed by atoms with Crippen molar-refractivity contribution in [3.05, 3.63) is 0 Å². The van der Waals surface area contributed by atoms with Gasteiger partial charge in [0.25, 0.3) is 0 Å². The van der Waals surface area contributed by atoms with Gasteiger partial charge in [-0.1, -0.05) is 12.8 Å². The Morgan fingerprint density at radius 1 is 1.22 bits per heavy atom. The quantitative estimate of drug-likeness (QED) is 0.790. The van der Waals surface area contributed by atoms with E-state index in [-0.39, 0.29) is 12.1 Å². The molecule has 1 saturated carbocycles. The first kappa shape index (κ1) is 13.6. The fourth-order valence-corrected chi connectivity index (χ4v) is 2.80. The van der Waals surface area contributed by atoms with Crippen LogP contribution in [-0.4, -0.2) is 49.3 Å². The average Bonchev–Trinajstić information content (AvgIpc) is 2.89. The molecule has 3 N–H and O–H groups in total. The van der Waals surface area contributed by atoms with E-state index in [2.05, 4.69) is 5.32 Å². The van der Waals surface area contributed by atoms with Crippen LogP contribution in [0.3, 0.4) is 0 Å². The number of hydrogen-bond donors (Lipinski definition) is 2. The van der Waals surface area contributed by atoms with E-state index in [1.54, 1.807) is 0 Å². The number of nitrogens with zero attached hydrogens (tertiary/aromatic N) is 1. The van der Waals surface area contributed by atoms with Gasteiger partial charge in [-0.05, 0) is 25.7 Å². The molecular weight excluding hydrogens is 230 g/mol. The summed E-state index contributed by atoms with van der Waals surface area (Å²) in [5, 5.41) is 3.13. The third-order valence-electron chi connectivity index (χ3n) is 3.88. The molecule has 1 heterocycles. The Hall–Kier alpha value is -0.810. The van der Waals surface area contributed by atoms with Crippen molar-refractivity contribution >= 4 is 6.03 Å². The maximum absolute atomic E-state index is 12.0. The summed E-state index contributed by atoms with van der Waals surface area (Å²) in [5.41, 5.74) is 5.41. The normalized spacial score (nSPS) is 22.4. The first-order valence-electron chi connectivity index (χ1n) is 7.16. The zero-order valence-corrected chi connectivity index (χ0v) is 11.1. The predicted molar refractivity (Wildman–Crippen MR) is 70.4 cm³/mol. The monoisotopic (exact) mass is 255 g/mol. The van der Waals surface area contributed by atoms with Crippen molar-refractivity contribution < 1.29 is 9.53 Å². The number of urea groups is 1. The number of likely N-dealkylation sites (tertiary alicyclic amines) is 1. The van der Waals surface area contributed by atoms with Gasteiger partial charge in [-0.25, -0.2) is 4.79 Å². The molecule has 5 heteroatoms. The Morgan fingerprint density at radius 2 is 1.89 bits per heavy atom. The number of carbonyl (C=O) groups is 1. The first-order valence-corrected chi connectivity index (χ1v) is 7.16. The van der Waals surface area contributed by atoms with Crippen molar-refractivity contribution in [3.63, 3.8) is 0 Å². The zero-order valence-electron chi connectivity index (χ0n) is 11.1. The lowest BCUT2D eigenvalue weighted by Gasteiger charge is -2.32.